The van der Waals surface area contributed by atoms with Gasteiger partial charge in [0.05, 0.1) is 33.2 Å². The first-order chi connectivity index (χ1) is 14.1. The molecule has 0 radical (unpaired) electrons. The number of piperazine rings is 1. The summed E-state index contributed by atoms with van der Waals surface area (Å²) in [5, 5.41) is 4.65. The molecule has 2 aromatic carbocycles. The molecule has 1 aliphatic heterocycles. The van der Waals surface area contributed by atoms with Crippen LogP contribution >= 0.6 is 0 Å². The van der Waals surface area contributed by atoms with Crippen LogP contribution in [0.3, 0.4) is 0 Å². The average Bonchev–Trinajstić information content (AvgIpc) is 2.75. The van der Waals surface area contributed by atoms with Gasteiger partial charge in [0.1, 0.15) is 12.6 Å². The fourth-order valence-electron chi connectivity index (χ4n) is 3.20. The van der Waals surface area contributed by atoms with Gasteiger partial charge in [0, 0.05) is 6.42 Å². The Balaban J connectivity index is 1.59. The highest BCUT2D eigenvalue weighted by molar-refractivity contribution is 5.85. The Morgan fingerprint density at radius 1 is 1.00 bits per heavy atom. The Morgan fingerprint density at radius 3 is 2.21 bits per heavy atom. The summed E-state index contributed by atoms with van der Waals surface area (Å²) in [7, 11) is 2.14. The van der Waals surface area contributed by atoms with Crippen molar-refractivity contribution < 1.29 is 19.2 Å². The minimum absolute atomic E-state index is 0.160. The van der Waals surface area contributed by atoms with Crippen molar-refractivity contribution in [2.45, 2.75) is 19.1 Å². The zero-order valence-corrected chi connectivity index (χ0v) is 16.8. The highest BCUT2D eigenvalue weighted by atomic mass is 16.5. The van der Waals surface area contributed by atoms with Gasteiger partial charge in [-0.15, -0.1) is 0 Å². The number of quaternary nitrogens is 1. The Kier molecular flexibility index (Phi) is 7.61. The molecular formula is C22H29N4O3+. The number of amides is 2. The molecule has 0 bridgehead atoms. The average molecular weight is 397 g/mol. The molecule has 0 spiro atoms. The molecule has 3 N–H and O–H groups in total. The fourth-order valence-corrected chi connectivity index (χ4v) is 3.20. The van der Waals surface area contributed by atoms with E-state index in [1.807, 2.05) is 65.7 Å². The quantitative estimate of drug-likeness (QED) is 0.632. The number of nitrogens with zero attached hydrogens (tertiary/aromatic N) is 1. The summed E-state index contributed by atoms with van der Waals surface area (Å²) in [6.07, 6.45) is -0.209. The normalized spacial score (nSPS) is 16.0. The number of nitrogens with one attached hydrogen (secondary N) is 3. The number of alkyl carbamates (subject to hydrolysis) is 1. The Hall–Kier alpha value is -2.90. The summed E-state index contributed by atoms with van der Waals surface area (Å²) in [4.78, 5) is 26.6. The monoisotopic (exact) mass is 397 g/mol. The lowest BCUT2D eigenvalue weighted by molar-refractivity contribution is -0.884. The van der Waals surface area contributed by atoms with Gasteiger partial charge in [0.2, 0.25) is 0 Å². The summed E-state index contributed by atoms with van der Waals surface area (Å²) in [5.41, 5.74) is 4.82. The second-order valence-electron chi connectivity index (χ2n) is 7.37. The molecule has 0 aromatic heterocycles. The molecule has 154 valence electrons. The summed E-state index contributed by atoms with van der Waals surface area (Å²) in [6, 6.07) is 18.4. The lowest BCUT2D eigenvalue weighted by atomic mass is 10.1. The van der Waals surface area contributed by atoms with Crippen LogP contribution in [0, 0.1) is 0 Å². The fraction of sp³-hybridized carbons (Fsp3) is 0.364. The standard InChI is InChI=1S/C22H28N4O3/c1-25-12-14-26(15-13-25)24-21(27)20(16-18-8-4-2-5-9-18)23-22(28)29-17-19-10-6-3-7-11-19/h2-11,20H,12-17H2,1H3,(H,23,28)(H,24,27)/p+1/t20-/m0/s1. The first-order valence-corrected chi connectivity index (χ1v) is 9.98. The van der Waals surface area contributed by atoms with Gasteiger partial charge >= 0.3 is 6.09 Å². The van der Waals surface area contributed by atoms with Crippen molar-refractivity contribution in [3.05, 3.63) is 71.8 Å². The molecule has 3 rings (SSSR count). The molecule has 1 atom stereocenters. The summed E-state index contributed by atoms with van der Waals surface area (Å²) in [5.74, 6) is -0.231. The van der Waals surface area contributed by atoms with Crippen LogP contribution in [-0.2, 0) is 22.6 Å². The molecule has 7 nitrogen and oxygen atoms in total. The number of hydrogen-bond donors (Lipinski definition) is 3. The van der Waals surface area contributed by atoms with Crippen LogP contribution in [0.2, 0.25) is 0 Å². The van der Waals surface area contributed by atoms with Gasteiger partial charge in [-0.05, 0) is 11.1 Å². The van der Waals surface area contributed by atoms with E-state index in [0.717, 1.165) is 37.3 Å². The third-order valence-corrected chi connectivity index (χ3v) is 4.99. The van der Waals surface area contributed by atoms with E-state index in [1.165, 1.54) is 4.90 Å². The molecule has 1 heterocycles. The molecule has 0 unspecified atom stereocenters. The van der Waals surface area contributed by atoms with Crippen LogP contribution in [0.25, 0.3) is 0 Å². The van der Waals surface area contributed by atoms with Crippen molar-refractivity contribution in [3.63, 3.8) is 0 Å². The molecule has 1 saturated heterocycles. The Bertz CT molecular complexity index is 777. The maximum absolute atomic E-state index is 12.9. The van der Waals surface area contributed by atoms with Crippen molar-refractivity contribution >= 4 is 12.0 Å². The van der Waals surface area contributed by atoms with Crippen molar-refractivity contribution in [2.75, 3.05) is 33.2 Å². The van der Waals surface area contributed by atoms with Gasteiger partial charge < -0.3 is 15.0 Å². The molecule has 0 saturated carbocycles. The number of hydrogen-bond acceptors (Lipinski definition) is 4. The van der Waals surface area contributed by atoms with E-state index in [4.69, 9.17) is 4.74 Å². The highest BCUT2D eigenvalue weighted by Crippen LogP contribution is 2.06. The molecule has 2 aromatic rings. The Labute approximate surface area is 171 Å². The topological polar surface area (TPSA) is 75.1 Å². The number of hydrazine groups is 1. The smallest absolute Gasteiger partial charge is 0.408 e. The van der Waals surface area contributed by atoms with Gasteiger partial charge in [-0.25, -0.2) is 9.80 Å². The highest BCUT2D eigenvalue weighted by Gasteiger charge is 2.25. The maximum atomic E-state index is 12.9. The Morgan fingerprint density at radius 2 is 1.59 bits per heavy atom. The molecule has 2 amide bonds. The second kappa shape index (κ2) is 10.6. The first kappa shape index (κ1) is 20.8. The largest absolute Gasteiger partial charge is 0.445 e. The summed E-state index contributed by atoms with van der Waals surface area (Å²) < 4.78 is 5.30. The van der Waals surface area contributed by atoms with E-state index >= 15 is 0 Å². The van der Waals surface area contributed by atoms with E-state index in [0.29, 0.717) is 6.42 Å². The summed E-state index contributed by atoms with van der Waals surface area (Å²) >= 11 is 0. The van der Waals surface area contributed by atoms with E-state index < -0.39 is 12.1 Å². The van der Waals surface area contributed by atoms with Crippen LogP contribution < -0.4 is 15.6 Å². The van der Waals surface area contributed by atoms with Gasteiger partial charge in [0.15, 0.2) is 0 Å². The zero-order valence-electron chi connectivity index (χ0n) is 16.8. The number of likely N-dealkylation sites (N-methyl/N-ethyl adjacent to an activating group) is 1. The minimum atomic E-state index is -0.715. The molecule has 1 aliphatic rings. The van der Waals surface area contributed by atoms with Gasteiger partial charge in [-0.2, -0.15) is 0 Å². The zero-order chi connectivity index (χ0) is 20.5. The molecule has 29 heavy (non-hydrogen) atoms. The van der Waals surface area contributed by atoms with Crippen molar-refractivity contribution in [1.82, 2.24) is 15.8 Å². The van der Waals surface area contributed by atoms with Crippen LogP contribution in [0.15, 0.2) is 60.7 Å². The van der Waals surface area contributed by atoms with E-state index in [1.54, 1.807) is 0 Å². The van der Waals surface area contributed by atoms with Crippen LogP contribution in [0.4, 0.5) is 4.79 Å². The van der Waals surface area contributed by atoms with Crippen molar-refractivity contribution in [3.8, 4) is 0 Å². The van der Waals surface area contributed by atoms with E-state index in [9.17, 15) is 9.59 Å². The second-order valence-corrected chi connectivity index (χ2v) is 7.37. The lowest BCUT2D eigenvalue weighted by Crippen LogP contribution is -3.12. The van der Waals surface area contributed by atoms with E-state index in [2.05, 4.69) is 17.8 Å². The number of rotatable bonds is 7. The van der Waals surface area contributed by atoms with E-state index in [-0.39, 0.29) is 12.5 Å². The van der Waals surface area contributed by atoms with Crippen molar-refractivity contribution in [1.29, 1.82) is 0 Å². The number of carbonyl (C=O) groups is 2. The lowest BCUT2D eigenvalue weighted by Gasteiger charge is -2.31. The predicted molar refractivity (Wildman–Crippen MR) is 110 cm³/mol. The third-order valence-electron chi connectivity index (χ3n) is 4.99. The van der Waals surface area contributed by atoms with Gasteiger partial charge in [-0.3, -0.25) is 10.2 Å². The van der Waals surface area contributed by atoms with Gasteiger partial charge in [0.25, 0.3) is 5.91 Å². The predicted octanol–water partition coefficient (Wildman–Crippen LogP) is 0.386. The van der Waals surface area contributed by atoms with Crippen LogP contribution in [-0.4, -0.2) is 56.3 Å². The molecule has 0 aliphatic carbocycles. The molecule has 7 heteroatoms. The number of benzene rings is 2. The molecule has 1 fully saturated rings. The minimum Gasteiger partial charge on any atom is -0.445 e. The van der Waals surface area contributed by atoms with Gasteiger partial charge in [-0.1, -0.05) is 60.7 Å². The first-order valence-electron chi connectivity index (χ1n) is 9.98. The number of carbonyl (C=O) groups excluding carboxylic acids is 2. The van der Waals surface area contributed by atoms with Crippen LogP contribution in [0.5, 0.6) is 0 Å². The number of ether oxygens (including phenoxy) is 1. The molecular weight excluding hydrogens is 368 g/mol. The van der Waals surface area contributed by atoms with Crippen LogP contribution in [0.1, 0.15) is 11.1 Å². The summed E-state index contributed by atoms with van der Waals surface area (Å²) in [6.45, 7) is 3.67. The van der Waals surface area contributed by atoms with Crippen molar-refractivity contribution in [2.24, 2.45) is 0 Å². The third kappa shape index (κ3) is 6.89. The maximum Gasteiger partial charge on any atom is 0.408 e. The SMILES string of the molecule is C[NH+]1CCN(NC(=O)[C@H](Cc2ccccc2)NC(=O)OCc2ccccc2)CC1.